The van der Waals surface area contributed by atoms with Gasteiger partial charge < -0.3 is 10.3 Å². The van der Waals surface area contributed by atoms with Crippen LogP contribution in [0.5, 0.6) is 0 Å². The molecule has 0 aliphatic carbocycles. The predicted octanol–water partition coefficient (Wildman–Crippen LogP) is 1.83. The lowest BCUT2D eigenvalue weighted by molar-refractivity contribution is -0.384. The number of hydrogen-bond donors (Lipinski definition) is 2. The Labute approximate surface area is 101 Å². The van der Waals surface area contributed by atoms with E-state index >= 15 is 0 Å². The monoisotopic (exact) mass is 289 g/mol. The van der Waals surface area contributed by atoms with Crippen LogP contribution in [0.4, 0.5) is 5.69 Å². The largest absolute Gasteiger partial charge is 0.351 e. The van der Waals surface area contributed by atoms with E-state index in [-0.39, 0.29) is 22.1 Å². The summed E-state index contributed by atoms with van der Waals surface area (Å²) < 4.78 is 0. The van der Waals surface area contributed by atoms with E-state index in [0.717, 1.165) is 6.42 Å². The van der Waals surface area contributed by atoms with Gasteiger partial charge in [0.2, 0.25) is 0 Å². The fourth-order valence-electron chi connectivity index (χ4n) is 1.06. The molecule has 1 aromatic rings. The highest BCUT2D eigenvalue weighted by atomic mass is 79.9. The summed E-state index contributed by atoms with van der Waals surface area (Å²) in [7, 11) is 0. The fourth-order valence-corrected chi connectivity index (χ4v) is 1.22. The van der Waals surface area contributed by atoms with E-state index in [9.17, 15) is 14.9 Å². The highest BCUT2D eigenvalue weighted by Gasteiger charge is 2.14. The topological polar surface area (TPSA) is 88.0 Å². The van der Waals surface area contributed by atoms with Gasteiger partial charge in [0.25, 0.3) is 11.6 Å². The van der Waals surface area contributed by atoms with E-state index < -0.39 is 4.92 Å². The number of rotatable bonds is 5. The summed E-state index contributed by atoms with van der Waals surface area (Å²) in [6.45, 7) is 2.48. The average molecular weight is 290 g/mol. The minimum atomic E-state index is -0.549. The van der Waals surface area contributed by atoms with Gasteiger partial charge in [0.1, 0.15) is 5.69 Å². The number of H-pyrrole nitrogens is 1. The molecule has 16 heavy (non-hydrogen) atoms. The summed E-state index contributed by atoms with van der Waals surface area (Å²) in [6.07, 6.45) is 2.09. The first kappa shape index (κ1) is 12.7. The first-order valence-electron chi connectivity index (χ1n) is 4.79. The van der Waals surface area contributed by atoms with Gasteiger partial charge in [0.05, 0.1) is 11.1 Å². The van der Waals surface area contributed by atoms with Crippen molar-refractivity contribution in [1.29, 1.82) is 0 Å². The number of nitrogens with one attached hydrogen (secondary N) is 2. The Kier molecular flexibility index (Phi) is 4.48. The molecule has 1 aromatic heterocycles. The molecular formula is C9H12BrN3O3. The maximum atomic E-state index is 11.5. The van der Waals surface area contributed by atoms with Crippen molar-refractivity contribution in [2.24, 2.45) is 0 Å². The van der Waals surface area contributed by atoms with Crippen LogP contribution in [-0.4, -0.2) is 27.2 Å². The van der Waals surface area contributed by atoms with Crippen LogP contribution < -0.4 is 5.32 Å². The van der Waals surface area contributed by atoms with E-state index in [1.807, 2.05) is 6.92 Å². The molecule has 0 saturated heterocycles. The molecule has 2 N–H and O–H groups in total. The number of nitrogens with zero attached hydrogens (tertiary/aromatic N) is 1. The number of nitro groups is 1. The molecule has 88 valence electrons. The SMILES string of the molecule is CCC(Br)CNC(=O)c1cc([N+](=O)[O-])c[nH]1. The number of halogens is 1. The van der Waals surface area contributed by atoms with Crippen LogP contribution in [0.2, 0.25) is 0 Å². The van der Waals surface area contributed by atoms with Crippen LogP contribution in [-0.2, 0) is 0 Å². The van der Waals surface area contributed by atoms with Crippen LogP contribution in [0.15, 0.2) is 12.3 Å². The summed E-state index contributed by atoms with van der Waals surface area (Å²) in [6, 6.07) is 1.21. The Bertz CT molecular complexity index is 391. The van der Waals surface area contributed by atoms with Crippen molar-refractivity contribution in [3.05, 3.63) is 28.1 Å². The number of alkyl halides is 1. The molecule has 0 aliphatic rings. The summed E-state index contributed by atoms with van der Waals surface area (Å²) in [5, 5.41) is 13.1. The highest BCUT2D eigenvalue weighted by Crippen LogP contribution is 2.12. The van der Waals surface area contributed by atoms with Crippen molar-refractivity contribution in [2.45, 2.75) is 18.2 Å². The first-order valence-corrected chi connectivity index (χ1v) is 5.71. The third-order valence-corrected chi connectivity index (χ3v) is 3.02. The van der Waals surface area contributed by atoms with E-state index in [1.54, 1.807) is 0 Å². The minimum absolute atomic E-state index is 0.115. The van der Waals surface area contributed by atoms with Crippen molar-refractivity contribution in [1.82, 2.24) is 10.3 Å². The first-order chi connectivity index (χ1) is 7.54. The second kappa shape index (κ2) is 5.64. The summed E-state index contributed by atoms with van der Waals surface area (Å²) in [5.41, 5.74) is 0.0820. The Morgan fingerprint density at radius 1 is 1.75 bits per heavy atom. The van der Waals surface area contributed by atoms with Gasteiger partial charge in [-0.2, -0.15) is 0 Å². The van der Waals surface area contributed by atoms with Gasteiger partial charge in [-0.05, 0) is 6.42 Å². The lowest BCUT2D eigenvalue weighted by Crippen LogP contribution is -2.29. The van der Waals surface area contributed by atoms with Gasteiger partial charge in [-0.3, -0.25) is 14.9 Å². The molecule has 7 heteroatoms. The van der Waals surface area contributed by atoms with Gasteiger partial charge in [-0.1, -0.05) is 22.9 Å². The van der Waals surface area contributed by atoms with Crippen molar-refractivity contribution >= 4 is 27.5 Å². The maximum Gasteiger partial charge on any atom is 0.287 e. The van der Waals surface area contributed by atoms with E-state index in [2.05, 4.69) is 26.2 Å². The standard InChI is InChI=1S/C9H12BrN3O3/c1-2-6(10)4-12-9(14)8-3-7(5-11-8)13(15)16/h3,5-6,11H,2,4H2,1H3,(H,12,14). The molecule has 0 saturated carbocycles. The zero-order valence-corrected chi connectivity index (χ0v) is 10.3. The van der Waals surface area contributed by atoms with E-state index in [4.69, 9.17) is 0 Å². The highest BCUT2D eigenvalue weighted by molar-refractivity contribution is 9.09. The van der Waals surface area contributed by atoms with Crippen LogP contribution in [0.1, 0.15) is 23.8 Å². The number of amides is 1. The van der Waals surface area contributed by atoms with Crippen LogP contribution in [0.3, 0.4) is 0 Å². The fraction of sp³-hybridized carbons (Fsp3) is 0.444. The number of carbonyl (C=O) groups is 1. The molecule has 1 rings (SSSR count). The molecule has 1 atom stereocenters. The van der Waals surface area contributed by atoms with Crippen molar-refractivity contribution in [2.75, 3.05) is 6.54 Å². The van der Waals surface area contributed by atoms with Crippen LogP contribution >= 0.6 is 15.9 Å². The predicted molar refractivity (Wildman–Crippen MR) is 62.8 cm³/mol. The number of carbonyl (C=O) groups excluding carboxylic acids is 1. The van der Waals surface area contributed by atoms with Crippen LogP contribution in [0.25, 0.3) is 0 Å². The van der Waals surface area contributed by atoms with Gasteiger partial charge in [0.15, 0.2) is 0 Å². The molecule has 0 fully saturated rings. The van der Waals surface area contributed by atoms with Gasteiger partial charge >= 0.3 is 0 Å². The lowest BCUT2D eigenvalue weighted by Gasteiger charge is -2.07. The molecule has 1 heterocycles. The average Bonchev–Trinajstić information content (AvgIpc) is 2.74. The molecule has 1 unspecified atom stereocenters. The Hall–Kier alpha value is -1.37. The second-order valence-corrected chi connectivity index (χ2v) is 4.54. The Balaban J connectivity index is 2.56. The molecule has 6 nitrogen and oxygen atoms in total. The Morgan fingerprint density at radius 2 is 2.44 bits per heavy atom. The zero-order chi connectivity index (χ0) is 12.1. The van der Waals surface area contributed by atoms with Crippen molar-refractivity contribution in [3.63, 3.8) is 0 Å². The quantitative estimate of drug-likeness (QED) is 0.492. The molecule has 0 aliphatic heterocycles. The number of hydrogen-bond acceptors (Lipinski definition) is 3. The van der Waals surface area contributed by atoms with Gasteiger partial charge in [-0.25, -0.2) is 0 Å². The molecule has 0 aromatic carbocycles. The lowest BCUT2D eigenvalue weighted by atomic mass is 10.3. The molecule has 0 bridgehead atoms. The van der Waals surface area contributed by atoms with Crippen molar-refractivity contribution < 1.29 is 9.72 Å². The third kappa shape index (κ3) is 3.34. The smallest absolute Gasteiger partial charge is 0.287 e. The third-order valence-electron chi connectivity index (χ3n) is 2.05. The summed E-state index contributed by atoms with van der Waals surface area (Å²) in [5.74, 6) is -0.342. The van der Waals surface area contributed by atoms with E-state index in [0.29, 0.717) is 6.54 Å². The van der Waals surface area contributed by atoms with Gasteiger partial charge in [-0.15, -0.1) is 0 Å². The number of aromatic amines is 1. The molecule has 0 radical (unpaired) electrons. The molecule has 1 amide bonds. The number of aromatic nitrogens is 1. The van der Waals surface area contributed by atoms with Crippen molar-refractivity contribution in [3.8, 4) is 0 Å². The maximum absolute atomic E-state index is 11.5. The van der Waals surface area contributed by atoms with Crippen LogP contribution in [0, 0.1) is 10.1 Å². The zero-order valence-electron chi connectivity index (χ0n) is 8.70. The molecule has 0 spiro atoms. The van der Waals surface area contributed by atoms with Gasteiger partial charge in [0, 0.05) is 17.4 Å². The Morgan fingerprint density at radius 3 is 2.94 bits per heavy atom. The minimum Gasteiger partial charge on any atom is -0.351 e. The summed E-state index contributed by atoms with van der Waals surface area (Å²) >= 11 is 3.37. The van der Waals surface area contributed by atoms with E-state index in [1.165, 1.54) is 12.3 Å². The second-order valence-electron chi connectivity index (χ2n) is 3.24. The summed E-state index contributed by atoms with van der Waals surface area (Å²) in [4.78, 5) is 24.1. The molecular weight excluding hydrogens is 278 g/mol. The normalized spacial score (nSPS) is 12.1.